The Hall–Kier alpha value is -1.70. The number of nitrogens with one attached hydrogen (secondary N) is 1. The molecular formula is C11H17N5O2S. The van der Waals surface area contributed by atoms with Crippen LogP contribution in [0, 0.1) is 11.7 Å². The number of H-pyrrole nitrogens is 1. The van der Waals surface area contributed by atoms with Crippen molar-refractivity contribution < 1.29 is 9.53 Å². The van der Waals surface area contributed by atoms with Crippen LogP contribution in [0.2, 0.25) is 0 Å². The van der Waals surface area contributed by atoms with Crippen LogP contribution in [0.4, 0.5) is 10.6 Å². The number of hydrogen-bond donors (Lipinski definition) is 1. The van der Waals surface area contributed by atoms with Crippen LogP contribution in [0.5, 0.6) is 0 Å². The maximum Gasteiger partial charge on any atom is 0.409 e. The van der Waals surface area contributed by atoms with E-state index in [9.17, 15) is 4.79 Å². The van der Waals surface area contributed by atoms with Crippen molar-refractivity contribution >= 4 is 24.1 Å². The molecule has 0 atom stereocenters. The van der Waals surface area contributed by atoms with Gasteiger partial charge in [-0.05, 0) is 26.1 Å². The molecule has 1 amide bonds. The number of nitrogens with zero attached hydrogens (tertiary/aromatic N) is 4. The largest absolute Gasteiger partial charge is 0.450 e. The van der Waals surface area contributed by atoms with Gasteiger partial charge in [0.05, 0.1) is 6.61 Å². The molecule has 1 saturated heterocycles. The van der Waals surface area contributed by atoms with Crippen LogP contribution in [0.1, 0.15) is 12.6 Å². The number of aromatic nitrogens is 3. The summed E-state index contributed by atoms with van der Waals surface area (Å²) in [4.78, 5) is 19.7. The van der Waals surface area contributed by atoms with Crippen molar-refractivity contribution in [2.75, 3.05) is 37.7 Å². The van der Waals surface area contributed by atoms with Gasteiger partial charge in [0.25, 0.3) is 0 Å². The van der Waals surface area contributed by atoms with E-state index in [0.29, 0.717) is 37.6 Å². The van der Waals surface area contributed by atoms with Crippen LogP contribution < -0.4 is 4.90 Å². The van der Waals surface area contributed by atoms with Crippen molar-refractivity contribution in [3.63, 3.8) is 0 Å². The number of aromatic amines is 1. The summed E-state index contributed by atoms with van der Waals surface area (Å²) in [6.45, 7) is 6.72. The van der Waals surface area contributed by atoms with E-state index in [-0.39, 0.29) is 6.09 Å². The zero-order chi connectivity index (χ0) is 13.8. The summed E-state index contributed by atoms with van der Waals surface area (Å²) < 4.78 is 5.35. The van der Waals surface area contributed by atoms with Crippen LogP contribution in [-0.2, 0) is 4.74 Å². The lowest BCUT2D eigenvalue weighted by molar-refractivity contribution is 0.105. The highest BCUT2D eigenvalue weighted by Crippen LogP contribution is 2.16. The molecule has 0 radical (unpaired) electrons. The van der Waals surface area contributed by atoms with Gasteiger partial charge in [0.15, 0.2) is 5.82 Å². The first-order valence-corrected chi connectivity index (χ1v) is 6.62. The molecule has 0 saturated carbocycles. The molecule has 8 heteroatoms. The average Bonchev–Trinajstić information content (AvgIpc) is 2.42. The molecule has 2 rings (SSSR count). The topological polar surface area (TPSA) is 74.3 Å². The van der Waals surface area contributed by atoms with E-state index in [4.69, 9.17) is 17.0 Å². The standard InChI is InChI=1S/C11H17N5O2S/c1-3-18-11(17)16-6-4-15(5-7-16)9-8(2)13-14-10(19)12-9/h3-7H2,1-2H3,(H,12,14,19). The van der Waals surface area contributed by atoms with Gasteiger partial charge in [-0.1, -0.05) is 0 Å². The molecule has 104 valence electrons. The van der Waals surface area contributed by atoms with E-state index in [1.54, 1.807) is 11.8 Å². The SMILES string of the molecule is CCOC(=O)N1CCN(c2nc(=S)[nH]nc2C)CC1. The van der Waals surface area contributed by atoms with Crippen LogP contribution in [0.15, 0.2) is 0 Å². The highest BCUT2D eigenvalue weighted by atomic mass is 32.1. The van der Waals surface area contributed by atoms with Gasteiger partial charge in [-0.3, -0.25) is 5.10 Å². The van der Waals surface area contributed by atoms with Gasteiger partial charge in [-0.25, -0.2) is 4.79 Å². The molecule has 1 aliphatic rings. The minimum Gasteiger partial charge on any atom is -0.450 e. The number of rotatable bonds is 2. The Morgan fingerprint density at radius 1 is 1.42 bits per heavy atom. The first-order valence-electron chi connectivity index (χ1n) is 6.21. The van der Waals surface area contributed by atoms with E-state index < -0.39 is 0 Å². The highest BCUT2D eigenvalue weighted by Gasteiger charge is 2.23. The summed E-state index contributed by atoms with van der Waals surface area (Å²) in [7, 11) is 0. The van der Waals surface area contributed by atoms with Gasteiger partial charge >= 0.3 is 6.09 Å². The second kappa shape index (κ2) is 5.96. The predicted molar refractivity (Wildman–Crippen MR) is 72.8 cm³/mol. The zero-order valence-corrected chi connectivity index (χ0v) is 11.9. The summed E-state index contributed by atoms with van der Waals surface area (Å²) in [5.41, 5.74) is 0.804. The molecule has 1 aliphatic heterocycles. The minimum absolute atomic E-state index is 0.254. The van der Waals surface area contributed by atoms with Crippen LogP contribution in [0.3, 0.4) is 0 Å². The summed E-state index contributed by atoms with van der Waals surface area (Å²) in [5.74, 6) is 0.784. The highest BCUT2D eigenvalue weighted by molar-refractivity contribution is 7.71. The number of ether oxygens (including phenoxy) is 1. The number of anilines is 1. The first-order chi connectivity index (χ1) is 9.11. The smallest absolute Gasteiger partial charge is 0.409 e. The molecular weight excluding hydrogens is 266 g/mol. The Morgan fingerprint density at radius 3 is 2.74 bits per heavy atom. The Morgan fingerprint density at radius 2 is 2.11 bits per heavy atom. The van der Waals surface area contributed by atoms with Gasteiger partial charge in [0.1, 0.15) is 5.69 Å². The number of piperazine rings is 1. The van der Waals surface area contributed by atoms with Crippen molar-refractivity contribution in [2.45, 2.75) is 13.8 Å². The molecule has 0 unspecified atom stereocenters. The maximum atomic E-state index is 11.6. The van der Waals surface area contributed by atoms with E-state index in [1.165, 1.54) is 0 Å². The molecule has 0 spiro atoms. The van der Waals surface area contributed by atoms with Crippen LogP contribution in [-0.4, -0.2) is 59.0 Å². The maximum absolute atomic E-state index is 11.6. The third-order valence-electron chi connectivity index (χ3n) is 2.96. The third-order valence-corrected chi connectivity index (χ3v) is 3.14. The van der Waals surface area contributed by atoms with E-state index in [1.807, 2.05) is 6.92 Å². The average molecular weight is 283 g/mol. The Kier molecular flexibility index (Phi) is 4.31. The molecule has 0 aliphatic carbocycles. The van der Waals surface area contributed by atoms with Gasteiger partial charge in [-0.15, -0.1) is 0 Å². The lowest BCUT2D eigenvalue weighted by Gasteiger charge is -2.34. The molecule has 1 fully saturated rings. The summed E-state index contributed by atoms with van der Waals surface area (Å²) in [6.07, 6.45) is -0.254. The van der Waals surface area contributed by atoms with E-state index >= 15 is 0 Å². The molecule has 0 bridgehead atoms. The quantitative estimate of drug-likeness (QED) is 0.820. The molecule has 19 heavy (non-hydrogen) atoms. The second-order valence-corrected chi connectivity index (χ2v) is 4.61. The van der Waals surface area contributed by atoms with E-state index in [2.05, 4.69) is 20.1 Å². The normalized spacial score (nSPS) is 15.5. The lowest BCUT2D eigenvalue weighted by Crippen LogP contribution is -2.49. The zero-order valence-electron chi connectivity index (χ0n) is 11.0. The predicted octanol–water partition coefficient (Wildman–Crippen LogP) is 1.12. The van der Waals surface area contributed by atoms with Crippen molar-refractivity contribution in [1.29, 1.82) is 0 Å². The van der Waals surface area contributed by atoms with Crippen LogP contribution >= 0.6 is 12.2 Å². The monoisotopic (exact) mass is 283 g/mol. The number of hydrogen-bond acceptors (Lipinski definition) is 6. The molecule has 1 aromatic rings. The number of aryl methyl sites for hydroxylation is 1. The van der Waals surface area contributed by atoms with Gasteiger partial charge in [-0.2, -0.15) is 10.1 Å². The fraction of sp³-hybridized carbons (Fsp3) is 0.636. The summed E-state index contributed by atoms with van der Waals surface area (Å²) in [6, 6.07) is 0. The van der Waals surface area contributed by atoms with Crippen LogP contribution in [0.25, 0.3) is 0 Å². The Labute approximate surface area is 116 Å². The van der Waals surface area contributed by atoms with Crippen molar-refractivity contribution in [1.82, 2.24) is 20.1 Å². The molecule has 0 aromatic carbocycles. The Bertz CT molecular complexity index is 510. The molecule has 1 aromatic heterocycles. The molecule has 7 nitrogen and oxygen atoms in total. The molecule has 2 heterocycles. The van der Waals surface area contributed by atoms with Crippen molar-refractivity contribution in [3.05, 3.63) is 10.5 Å². The van der Waals surface area contributed by atoms with Gasteiger partial charge in [0, 0.05) is 26.2 Å². The summed E-state index contributed by atoms with van der Waals surface area (Å²) in [5, 5.41) is 6.76. The fourth-order valence-corrected chi connectivity index (χ4v) is 2.13. The van der Waals surface area contributed by atoms with Crippen molar-refractivity contribution in [3.8, 4) is 0 Å². The number of carbonyl (C=O) groups excluding carboxylic acids is 1. The first kappa shape index (κ1) is 13.7. The third kappa shape index (κ3) is 3.19. The number of amides is 1. The molecule has 1 N–H and O–H groups in total. The Balaban J connectivity index is 2.02. The lowest BCUT2D eigenvalue weighted by atomic mass is 10.3. The van der Waals surface area contributed by atoms with Crippen molar-refractivity contribution in [2.24, 2.45) is 0 Å². The second-order valence-electron chi connectivity index (χ2n) is 4.22. The van der Waals surface area contributed by atoms with Gasteiger partial charge in [0.2, 0.25) is 4.77 Å². The minimum atomic E-state index is -0.254. The fourth-order valence-electron chi connectivity index (χ4n) is 2.00. The van der Waals surface area contributed by atoms with Gasteiger partial charge < -0.3 is 14.5 Å². The number of carbonyl (C=O) groups is 1. The summed E-state index contributed by atoms with van der Waals surface area (Å²) >= 11 is 4.99. The van der Waals surface area contributed by atoms with E-state index in [0.717, 1.165) is 11.5 Å².